The summed E-state index contributed by atoms with van der Waals surface area (Å²) in [4.78, 5) is 24.2. The van der Waals surface area contributed by atoms with E-state index in [2.05, 4.69) is 10.4 Å². The number of nitrogens with zero attached hydrogens (tertiary/aromatic N) is 2. The molecule has 1 aromatic rings. The molecule has 0 unspecified atom stereocenters. The number of carboxylic acids is 1. The van der Waals surface area contributed by atoms with Crippen LogP contribution in [0.2, 0.25) is 0 Å². The van der Waals surface area contributed by atoms with Crippen molar-refractivity contribution in [2.75, 3.05) is 0 Å². The summed E-state index contributed by atoms with van der Waals surface area (Å²) in [6.45, 7) is 0.840. The summed E-state index contributed by atoms with van der Waals surface area (Å²) in [6, 6.07) is 0. The molecule has 1 saturated carbocycles. The second kappa shape index (κ2) is 5.50. The van der Waals surface area contributed by atoms with Crippen molar-refractivity contribution in [3.05, 3.63) is 17.5 Å². The van der Waals surface area contributed by atoms with Gasteiger partial charge in [0.05, 0.1) is 17.5 Å². The van der Waals surface area contributed by atoms with Gasteiger partial charge in [0.1, 0.15) is 5.54 Å². The third-order valence-corrected chi connectivity index (χ3v) is 4.70. The number of nitrogens with one attached hydrogen (secondary N) is 1. The van der Waals surface area contributed by atoms with Gasteiger partial charge < -0.3 is 10.4 Å². The Hall–Kier alpha value is -1.85. The Morgan fingerprint density at radius 2 is 1.95 bits per heavy atom. The number of fused-ring (bicyclic) bond motifs is 1. The molecule has 2 N–H and O–H groups in total. The fourth-order valence-corrected chi connectivity index (χ4v) is 3.44. The van der Waals surface area contributed by atoms with Crippen LogP contribution in [-0.4, -0.2) is 32.3 Å². The van der Waals surface area contributed by atoms with Crippen molar-refractivity contribution in [2.45, 2.75) is 63.5 Å². The molecule has 1 aromatic heterocycles. The molecule has 1 fully saturated rings. The maximum atomic E-state index is 12.5. The summed E-state index contributed by atoms with van der Waals surface area (Å²) in [6.07, 6.45) is 8.29. The maximum absolute atomic E-state index is 12.5. The van der Waals surface area contributed by atoms with Crippen LogP contribution < -0.4 is 5.32 Å². The van der Waals surface area contributed by atoms with Gasteiger partial charge in [-0.05, 0) is 32.1 Å². The van der Waals surface area contributed by atoms with E-state index in [9.17, 15) is 14.7 Å². The van der Waals surface area contributed by atoms with Crippen molar-refractivity contribution < 1.29 is 14.7 Å². The lowest BCUT2D eigenvalue weighted by Gasteiger charge is -2.34. The maximum Gasteiger partial charge on any atom is 0.329 e. The molecule has 0 spiro atoms. The summed E-state index contributed by atoms with van der Waals surface area (Å²) < 4.78 is 1.87. The van der Waals surface area contributed by atoms with Crippen LogP contribution in [0.1, 0.15) is 61.0 Å². The Kier molecular flexibility index (Phi) is 3.69. The smallest absolute Gasteiger partial charge is 0.329 e. The molecule has 0 radical (unpaired) electrons. The van der Waals surface area contributed by atoms with Crippen molar-refractivity contribution >= 4 is 11.9 Å². The predicted molar refractivity (Wildman–Crippen MR) is 76.1 cm³/mol. The summed E-state index contributed by atoms with van der Waals surface area (Å²) in [5.41, 5.74) is 0.384. The molecule has 3 rings (SSSR count). The zero-order valence-corrected chi connectivity index (χ0v) is 12.1. The predicted octanol–water partition coefficient (Wildman–Crippen LogP) is 1.74. The number of aromatic nitrogens is 2. The molecule has 0 atom stereocenters. The van der Waals surface area contributed by atoms with E-state index in [-0.39, 0.29) is 5.91 Å². The molecule has 0 bridgehead atoms. The van der Waals surface area contributed by atoms with E-state index in [1.54, 1.807) is 6.20 Å². The molecular formula is C15H21N3O3. The highest BCUT2D eigenvalue weighted by Crippen LogP contribution is 2.29. The van der Waals surface area contributed by atoms with Crippen LogP contribution in [0.3, 0.4) is 0 Å². The molecule has 0 saturated heterocycles. The van der Waals surface area contributed by atoms with E-state index in [1.807, 2.05) is 4.68 Å². The van der Waals surface area contributed by atoms with E-state index < -0.39 is 11.5 Å². The van der Waals surface area contributed by atoms with Crippen LogP contribution in [0.5, 0.6) is 0 Å². The van der Waals surface area contributed by atoms with E-state index in [0.29, 0.717) is 18.4 Å². The molecule has 114 valence electrons. The molecule has 2 heterocycles. The number of hydrogen-bond donors (Lipinski definition) is 2. The highest BCUT2D eigenvalue weighted by molar-refractivity contribution is 5.98. The van der Waals surface area contributed by atoms with E-state index >= 15 is 0 Å². The Morgan fingerprint density at radius 3 is 2.67 bits per heavy atom. The van der Waals surface area contributed by atoms with Crippen LogP contribution in [0.4, 0.5) is 0 Å². The SMILES string of the molecule is O=C(NC1(C(=O)O)CCCCC1)c1cnn2c1CCCC2. The second-order valence-corrected chi connectivity index (χ2v) is 6.09. The average Bonchev–Trinajstić information content (AvgIpc) is 2.92. The first kappa shape index (κ1) is 14.1. The molecule has 1 amide bonds. The van der Waals surface area contributed by atoms with Gasteiger partial charge in [0.15, 0.2) is 0 Å². The molecule has 21 heavy (non-hydrogen) atoms. The topological polar surface area (TPSA) is 84.2 Å². The fraction of sp³-hybridized carbons (Fsp3) is 0.667. The molecular weight excluding hydrogens is 270 g/mol. The molecule has 0 aromatic carbocycles. The van der Waals surface area contributed by atoms with Gasteiger partial charge in [0.25, 0.3) is 5.91 Å². The minimum atomic E-state index is -1.10. The molecule has 1 aliphatic carbocycles. The summed E-state index contributed by atoms with van der Waals surface area (Å²) >= 11 is 0. The van der Waals surface area contributed by atoms with Crippen molar-refractivity contribution in [3.8, 4) is 0 Å². The Balaban J connectivity index is 1.82. The zero-order chi connectivity index (χ0) is 14.9. The third-order valence-electron chi connectivity index (χ3n) is 4.70. The van der Waals surface area contributed by atoms with Crippen LogP contribution in [0.15, 0.2) is 6.20 Å². The number of hydrogen-bond acceptors (Lipinski definition) is 3. The number of aryl methyl sites for hydroxylation is 1. The lowest BCUT2D eigenvalue weighted by Crippen LogP contribution is -2.55. The number of amides is 1. The van der Waals surface area contributed by atoms with Gasteiger partial charge in [-0.3, -0.25) is 9.48 Å². The molecule has 6 nitrogen and oxygen atoms in total. The van der Waals surface area contributed by atoms with Gasteiger partial charge >= 0.3 is 5.97 Å². The monoisotopic (exact) mass is 291 g/mol. The first-order valence-electron chi connectivity index (χ1n) is 7.73. The number of carbonyl (C=O) groups excluding carboxylic acids is 1. The zero-order valence-electron chi connectivity index (χ0n) is 12.1. The van der Waals surface area contributed by atoms with Crippen molar-refractivity contribution in [1.82, 2.24) is 15.1 Å². The Bertz CT molecular complexity index is 559. The first-order chi connectivity index (χ1) is 10.1. The Morgan fingerprint density at radius 1 is 1.19 bits per heavy atom. The van der Waals surface area contributed by atoms with Gasteiger partial charge in [-0.1, -0.05) is 19.3 Å². The van der Waals surface area contributed by atoms with E-state index in [4.69, 9.17) is 0 Å². The Labute approximate surface area is 123 Å². The van der Waals surface area contributed by atoms with E-state index in [0.717, 1.165) is 50.8 Å². The van der Waals surface area contributed by atoms with E-state index in [1.165, 1.54) is 0 Å². The molecule has 6 heteroatoms. The minimum absolute atomic E-state index is 0.289. The van der Waals surface area contributed by atoms with Crippen LogP contribution in [0.25, 0.3) is 0 Å². The summed E-state index contributed by atoms with van der Waals surface area (Å²) in [7, 11) is 0. The van der Waals surface area contributed by atoms with Crippen molar-refractivity contribution in [3.63, 3.8) is 0 Å². The van der Waals surface area contributed by atoms with Gasteiger partial charge in [-0.15, -0.1) is 0 Å². The quantitative estimate of drug-likeness (QED) is 0.888. The number of aliphatic carboxylic acids is 1. The van der Waals surface area contributed by atoms with Crippen LogP contribution in [0, 0.1) is 0 Å². The third kappa shape index (κ3) is 2.54. The first-order valence-corrected chi connectivity index (χ1v) is 7.73. The normalized spacial score (nSPS) is 20.6. The van der Waals surface area contributed by atoms with Crippen molar-refractivity contribution in [1.29, 1.82) is 0 Å². The highest BCUT2D eigenvalue weighted by atomic mass is 16.4. The van der Waals surface area contributed by atoms with Gasteiger partial charge in [0, 0.05) is 6.54 Å². The average molecular weight is 291 g/mol. The van der Waals surface area contributed by atoms with Gasteiger partial charge in [0.2, 0.25) is 0 Å². The lowest BCUT2D eigenvalue weighted by molar-refractivity contribution is -0.145. The fourth-order valence-electron chi connectivity index (χ4n) is 3.44. The number of carboxylic acid groups (broad SMARTS) is 1. The van der Waals surface area contributed by atoms with Gasteiger partial charge in [-0.25, -0.2) is 4.79 Å². The summed E-state index contributed by atoms with van der Waals surface area (Å²) in [5, 5.41) is 16.6. The lowest BCUT2D eigenvalue weighted by atomic mass is 9.81. The second-order valence-electron chi connectivity index (χ2n) is 6.09. The van der Waals surface area contributed by atoms with Crippen LogP contribution in [-0.2, 0) is 17.8 Å². The molecule has 2 aliphatic rings. The van der Waals surface area contributed by atoms with Crippen molar-refractivity contribution in [2.24, 2.45) is 0 Å². The van der Waals surface area contributed by atoms with Gasteiger partial charge in [-0.2, -0.15) is 5.10 Å². The minimum Gasteiger partial charge on any atom is -0.480 e. The number of carbonyl (C=O) groups is 2. The number of rotatable bonds is 3. The molecule has 1 aliphatic heterocycles. The standard InChI is InChI=1S/C15H21N3O3/c19-13(11-10-16-18-9-5-2-6-12(11)18)17-15(14(20)21)7-3-1-4-8-15/h10H,1-9H2,(H,17,19)(H,20,21). The highest BCUT2D eigenvalue weighted by Gasteiger charge is 2.41. The largest absolute Gasteiger partial charge is 0.480 e. The summed E-state index contributed by atoms with van der Waals surface area (Å²) in [5.74, 6) is -1.21. The van der Waals surface area contributed by atoms with Crippen LogP contribution >= 0.6 is 0 Å².